The highest BCUT2D eigenvalue weighted by Gasteiger charge is 2.19. The molecule has 0 saturated carbocycles. The fourth-order valence-electron chi connectivity index (χ4n) is 1.94. The van der Waals surface area contributed by atoms with Gasteiger partial charge >= 0.3 is 0 Å². The van der Waals surface area contributed by atoms with Crippen molar-refractivity contribution in [3.63, 3.8) is 0 Å². The first-order valence-corrected chi connectivity index (χ1v) is 7.67. The van der Waals surface area contributed by atoms with Gasteiger partial charge in [-0.05, 0) is 43.7 Å². The van der Waals surface area contributed by atoms with E-state index >= 15 is 0 Å². The van der Waals surface area contributed by atoms with Crippen LogP contribution in [-0.2, 0) is 4.79 Å². The highest BCUT2D eigenvalue weighted by molar-refractivity contribution is 9.10. The van der Waals surface area contributed by atoms with Crippen molar-refractivity contribution in [3.8, 4) is 0 Å². The van der Waals surface area contributed by atoms with Crippen LogP contribution in [-0.4, -0.2) is 17.9 Å². The van der Waals surface area contributed by atoms with Gasteiger partial charge in [0.25, 0.3) is 5.91 Å². The molecule has 0 saturated heterocycles. The molecule has 0 bridgehead atoms. The molecule has 6 heteroatoms. The number of amides is 2. The van der Waals surface area contributed by atoms with Crippen molar-refractivity contribution < 1.29 is 14.0 Å². The number of hydrogen-bond acceptors (Lipinski definition) is 3. The van der Waals surface area contributed by atoms with Gasteiger partial charge in [0.1, 0.15) is 6.04 Å². The number of hydrogen-bond donors (Lipinski definition) is 2. The Kier molecular flexibility index (Phi) is 5.38. The van der Waals surface area contributed by atoms with E-state index in [0.29, 0.717) is 0 Å². The lowest BCUT2D eigenvalue weighted by Gasteiger charge is -2.18. The summed E-state index contributed by atoms with van der Waals surface area (Å²) in [5, 5.41) is 5.46. The van der Waals surface area contributed by atoms with Crippen LogP contribution in [0.1, 0.15) is 36.0 Å². The van der Waals surface area contributed by atoms with Gasteiger partial charge in [-0.3, -0.25) is 9.59 Å². The van der Waals surface area contributed by atoms with Gasteiger partial charge in [0.05, 0.1) is 12.3 Å². The Balaban J connectivity index is 1.92. The summed E-state index contributed by atoms with van der Waals surface area (Å²) < 4.78 is 5.94. The molecule has 2 rings (SSSR count). The molecule has 22 heavy (non-hydrogen) atoms. The summed E-state index contributed by atoms with van der Waals surface area (Å²) in [5.74, 6) is -0.491. The quantitative estimate of drug-likeness (QED) is 0.856. The maximum atomic E-state index is 12.1. The number of halogens is 1. The molecule has 0 spiro atoms. The summed E-state index contributed by atoms with van der Waals surface area (Å²) >= 11 is 3.40. The average Bonchev–Trinajstić information content (AvgIpc) is 3.01. The van der Waals surface area contributed by atoms with Gasteiger partial charge in [0, 0.05) is 4.47 Å². The van der Waals surface area contributed by atoms with Crippen molar-refractivity contribution in [3.05, 3.63) is 58.5 Å². The molecule has 2 aromatic rings. The van der Waals surface area contributed by atoms with Crippen molar-refractivity contribution >= 4 is 27.7 Å². The van der Waals surface area contributed by atoms with E-state index in [1.165, 1.54) is 6.26 Å². The lowest BCUT2D eigenvalue weighted by Crippen LogP contribution is -2.45. The lowest BCUT2D eigenvalue weighted by atomic mass is 10.1. The van der Waals surface area contributed by atoms with E-state index in [1.54, 1.807) is 19.1 Å². The first-order valence-electron chi connectivity index (χ1n) is 6.87. The maximum absolute atomic E-state index is 12.1. The monoisotopic (exact) mass is 364 g/mol. The van der Waals surface area contributed by atoms with Crippen molar-refractivity contribution in [2.75, 3.05) is 0 Å². The van der Waals surface area contributed by atoms with Gasteiger partial charge in [-0.15, -0.1) is 0 Å². The molecule has 1 aromatic carbocycles. The average molecular weight is 365 g/mol. The number of benzene rings is 1. The van der Waals surface area contributed by atoms with Gasteiger partial charge in [0.2, 0.25) is 5.91 Å². The maximum Gasteiger partial charge on any atom is 0.287 e. The minimum Gasteiger partial charge on any atom is -0.459 e. The molecule has 1 heterocycles. The Labute approximate surface area is 137 Å². The molecule has 0 aliphatic carbocycles. The normalized spacial score (nSPS) is 13.2. The molecule has 2 atom stereocenters. The minimum atomic E-state index is -0.660. The third-order valence-corrected chi connectivity index (χ3v) is 3.69. The van der Waals surface area contributed by atoms with E-state index in [2.05, 4.69) is 26.6 Å². The second kappa shape index (κ2) is 7.26. The van der Waals surface area contributed by atoms with Crippen molar-refractivity contribution in [1.82, 2.24) is 10.6 Å². The highest BCUT2D eigenvalue weighted by Crippen LogP contribution is 2.17. The van der Waals surface area contributed by atoms with Crippen molar-refractivity contribution in [2.24, 2.45) is 0 Å². The molecule has 116 valence electrons. The van der Waals surface area contributed by atoms with E-state index < -0.39 is 11.9 Å². The fraction of sp³-hybridized carbons (Fsp3) is 0.250. The molecule has 0 aliphatic rings. The molecule has 1 aromatic heterocycles. The first kappa shape index (κ1) is 16.3. The van der Waals surface area contributed by atoms with E-state index in [1.807, 2.05) is 31.2 Å². The van der Waals surface area contributed by atoms with Crippen molar-refractivity contribution in [1.29, 1.82) is 0 Å². The van der Waals surface area contributed by atoms with Gasteiger partial charge in [-0.2, -0.15) is 0 Å². The smallest absolute Gasteiger partial charge is 0.287 e. The predicted molar refractivity (Wildman–Crippen MR) is 86.3 cm³/mol. The van der Waals surface area contributed by atoms with Crippen LogP contribution in [0, 0.1) is 0 Å². The minimum absolute atomic E-state index is 0.159. The molecule has 2 N–H and O–H groups in total. The number of furan rings is 1. The highest BCUT2D eigenvalue weighted by atomic mass is 79.9. The van der Waals surface area contributed by atoms with Crippen LogP contribution in [0.3, 0.4) is 0 Å². The summed E-state index contributed by atoms with van der Waals surface area (Å²) in [7, 11) is 0. The number of rotatable bonds is 5. The zero-order valence-electron chi connectivity index (χ0n) is 12.3. The van der Waals surface area contributed by atoms with Crippen LogP contribution in [0.15, 0.2) is 51.6 Å². The van der Waals surface area contributed by atoms with E-state index in [-0.39, 0.29) is 17.7 Å². The van der Waals surface area contributed by atoms with Crippen LogP contribution >= 0.6 is 15.9 Å². The first-order chi connectivity index (χ1) is 10.5. The van der Waals surface area contributed by atoms with Crippen LogP contribution in [0.5, 0.6) is 0 Å². The number of nitrogens with one attached hydrogen (secondary N) is 2. The summed E-state index contributed by atoms with van der Waals surface area (Å²) in [6.07, 6.45) is 1.41. The Bertz CT molecular complexity index is 655. The molecule has 2 amide bonds. The summed E-state index contributed by atoms with van der Waals surface area (Å²) in [6.45, 7) is 3.52. The van der Waals surface area contributed by atoms with Crippen LogP contribution in [0.4, 0.5) is 0 Å². The second-order valence-corrected chi connectivity index (χ2v) is 5.87. The van der Waals surface area contributed by atoms with E-state index in [9.17, 15) is 9.59 Å². The topological polar surface area (TPSA) is 71.3 Å². The zero-order chi connectivity index (χ0) is 16.1. The standard InChI is InChI=1S/C16H17BrN2O3/c1-10(12-5-3-6-13(17)9-12)18-15(20)11(2)19-16(21)14-7-4-8-22-14/h3-11H,1-2H3,(H,18,20)(H,19,21). The van der Waals surface area contributed by atoms with E-state index in [0.717, 1.165) is 10.0 Å². The van der Waals surface area contributed by atoms with Gasteiger partial charge in [-0.25, -0.2) is 0 Å². The molecular formula is C16H17BrN2O3. The number of carbonyl (C=O) groups is 2. The van der Waals surface area contributed by atoms with Crippen LogP contribution in [0.2, 0.25) is 0 Å². The second-order valence-electron chi connectivity index (χ2n) is 4.96. The fourth-order valence-corrected chi connectivity index (χ4v) is 2.36. The Morgan fingerprint density at radius 2 is 1.91 bits per heavy atom. The van der Waals surface area contributed by atoms with Gasteiger partial charge in [-0.1, -0.05) is 28.1 Å². The SMILES string of the molecule is CC(NC(=O)c1ccco1)C(=O)NC(C)c1cccc(Br)c1. The molecule has 0 aliphatic heterocycles. The van der Waals surface area contributed by atoms with E-state index in [4.69, 9.17) is 4.42 Å². The van der Waals surface area contributed by atoms with Gasteiger partial charge < -0.3 is 15.1 Å². The predicted octanol–water partition coefficient (Wildman–Crippen LogP) is 3.04. The van der Waals surface area contributed by atoms with Crippen LogP contribution in [0.25, 0.3) is 0 Å². The molecule has 5 nitrogen and oxygen atoms in total. The molecular weight excluding hydrogens is 348 g/mol. The van der Waals surface area contributed by atoms with Crippen LogP contribution < -0.4 is 10.6 Å². The molecule has 0 radical (unpaired) electrons. The molecule has 2 unspecified atom stereocenters. The largest absolute Gasteiger partial charge is 0.459 e. The Hall–Kier alpha value is -2.08. The number of carbonyl (C=O) groups excluding carboxylic acids is 2. The lowest BCUT2D eigenvalue weighted by molar-refractivity contribution is -0.123. The Morgan fingerprint density at radius 3 is 2.55 bits per heavy atom. The summed E-state index contributed by atoms with van der Waals surface area (Å²) in [6, 6.07) is 10.0. The Morgan fingerprint density at radius 1 is 1.14 bits per heavy atom. The van der Waals surface area contributed by atoms with Crippen molar-refractivity contribution in [2.45, 2.75) is 25.9 Å². The zero-order valence-corrected chi connectivity index (χ0v) is 13.9. The summed E-state index contributed by atoms with van der Waals surface area (Å²) in [5.41, 5.74) is 0.979. The summed E-state index contributed by atoms with van der Waals surface area (Å²) in [4.78, 5) is 24.0. The molecule has 0 fully saturated rings. The third kappa shape index (κ3) is 4.21. The van der Waals surface area contributed by atoms with Gasteiger partial charge in [0.15, 0.2) is 5.76 Å². The third-order valence-electron chi connectivity index (χ3n) is 3.19.